The minimum absolute atomic E-state index is 0.331. The molecular formula is C15H24N4. The van der Waals surface area contributed by atoms with E-state index in [4.69, 9.17) is 5.73 Å². The highest BCUT2D eigenvalue weighted by Gasteiger charge is 2.12. The van der Waals surface area contributed by atoms with Crippen LogP contribution in [0.5, 0.6) is 0 Å². The van der Waals surface area contributed by atoms with Gasteiger partial charge >= 0.3 is 0 Å². The molecule has 0 aliphatic carbocycles. The summed E-state index contributed by atoms with van der Waals surface area (Å²) in [4.78, 5) is 4.65. The molecule has 0 amide bonds. The zero-order valence-electron chi connectivity index (χ0n) is 12.1. The number of hydrogen-bond donors (Lipinski definition) is 2. The summed E-state index contributed by atoms with van der Waals surface area (Å²) < 4.78 is 2.16. The smallest absolute Gasteiger partial charge is 0.203 e. The second-order valence-corrected chi connectivity index (χ2v) is 6.10. The number of aromatic nitrogens is 2. The summed E-state index contributed by atoms with van der Waals surface area (Å²) in [7, 11) is 0. The van der Waals surface area contributed by atoms with Gasteiger partial charge in [0.05, 0.1) is 11.0 Å². The molecule has 0 aliphatic heterocycles. The quantitative estimate of drug-likeness (QED) is 0.869. The molecule has 0 saturated carbocycles. The molecular weight excluding hydrogens is 236 g/mol. The SMILES string of the molecule is CC(C)(C)CCNc1nc2ccccc2n1CCN. The van der Waals surface area contributed by atoms with E-state index in [2.05, 4.69) is 41.7 Å². The maximum atomic E-state index is 5.70. The zero-order valence-corrected chi connectivity index (χ0v) is 12.1. The van der Waals surface area contributed by atoms with Gasteiger partial charge < -0.3 is 15.6 Å². The lowest BCUT2D eigenvalue weighted by molar-refractivity contribution is 0.389. The number of rotatable bonds is 5. The summed E-state index contributed by atoms with van der Waals surface area (Å²) in [6.45, 7) is 9.08. The Bertz CT molecular complexity index is 537. The predicted octanol–water partition coefficient (Wildman–Crippen LogP) is 2.84. The van der Waals surface area contributed by atoms with Gasteiger partial charge in [-0.05, 0) is 24.0 Å². The monoisotopic (exact) mass is 260 g/mol. The molecule has 0 bridgehead atoms. The average Bonchev–Trinajstić information content (AvgIpc) is 2.67. The first-order valence-electron chi connectivity index (χ1n) is 6.90. The minimum atomic E-state index is 0.331. The van der Waals surface area contributed by atoms with Crippen molar-refractivity contribution in [2.24, 2.45) is 11.1 Å². The van der Waals surface area contributed by atoms with Crippen LogP contribution in [-0.4, -0.2) is 22.6 Å². The van der Waals surface area contributed by atoms with Gasteiger partial charge in [-0.15, -0.1) is 0 Å². The lowest BCUT2D eigenvalue weighted by Crippen LogP contribution is -2.17. The van der Waals surface area contributed by atoms with E-state index in [-0.39, 0.29) is 0 Å². The Labute approximate surface area is 115 Å². The van der Waals surface area contributed by atoms with Crippen LogP contribution in [0.3, 0.4) is 0 Å². The fourth-order valence-electron chi connectivity index (χ4n) is 2.12. The lowest BCUT2D eigenvalue weighted by Gasteiger charge is -2.18. The molecule has 0 atom stereocenters. The van der Waals surface area contributed by atoms with E-state index in [1.165, 1.54) is 0 Å². The third-order valence-corrected chi connectivity index (χ3v) is 3.17. The van der Waals surface area contributed by atoms with Gasteiger partial charge in [0.15, 0.2) is 0 Å². The van der Waals surface area contributed by atoms with Crippen LogP contribution in [-0.2, 0) is 6.54 Å². The number of nitrogens with two attached hydrogens (primary N) is 1. The van der Waals surface area contributed by atoms with E-state index in [1.54, 1.807) is 0 Å². The van der Waals surface area contributed by atoms with Crippen molar-refractivity contribution in [1.82, 2.24) is 9.55 Å². The molecule has 0 aliphatic rings. The fourth-order valence-corrected chi connectivity index (χ4v) is 2.12. The summed E-state index contributed by atoms with van der Waals surface area (Å²) >= 11 is 0. The standard InChI is InChI=1S/C15H24N4/c1-15(2,3)8-10-17-14-18-12-6-4-5-7-13(12)19(14)11-9-16/h4-7H,8-11,16H2,1-3H3,(H,17,18). The van der Waals surface area contributed by atoms with Gasteiger partial charge in [-0.2, -0.15) is 0 Å². The Kier molecular flexibility index (Phi) is 4.10. The highest BCUT2D eigenvalue weighted by Crippen LogP contribution is 2.21. The van der Waals surface area contributed by atoms with E-state index in [1.807, 2.05) is 18.2 Å². The van der Waals surface area contributed by atoms with Crippen molar-refractivity contribution in [2.45, 2.75) is 33.7 Å². The largest absolute Gasteiger partial charge is 0.356 e. The van der Waals surface area contributed by atoms with Crippen molar-refractivity contribution >= 4 is 17.0 Å². The first kappa shape index (κ1) is 13.9. The number of benzene rings is 1. The van der Waals surface area contributed by atoms with Gasteiger partial charge in [-0.1, -0.05) is 32.9 Å². The van der Waals surface area contributed by atoms with Gasteiger partial charge in [0.25, 0.3) is 0 Å². The Hall–Kier alpha value is -1.55. The van der Waals surface area contributed by atoms with E-state index in [0.717, 1.165) is 36.5 Å². The van der Waals surface area contributed by atoms with Crippen LogP contribution in [0.4, 0.5) is 5.95 Å². The van der Waals surface area contributed by atoms with Gasteiger partial charge in [0.2, 0.25) is 5.95 Å². The molecule has 1 aromatic heterocycles. The van der Waals surface area contributed by atoms with E-state index in [0.29, 0.717) is 12.0 Å². The number of nitrogens with one attached hydrogen (secondary N) is 1. The van der Waals surface area contributed by atoms with Crippen molar-refractivity contribution < 1.29 is 0 Å². The summed E-state index contributed by atoms with van der Waals surface area (Å²) in [6, 6.07) is 8.18. The normalized spacial score (nSPS) is 12.0. The molecule has 4 heteroatoms. The molecule has 0 unspecified atom stereocenters. The third kappa shape index (κ3) is 3.47. The second kappa shape index (κ2) is 5.61. The Morgan fingerprint density at radius 1 is 1.26 bits per heavy atom. The Balaban J connectivity index is 2.19. The third-order valence-electron chi connectivity index (χ3n) is 3.17. The Morgan fingerprint density at radius 3 is 2.68 bits per heavy atom. The average molecular weight is 260 g/mol. The first-order chi connectivity index (χ1) is 9.01. The zero-order chi connectivity index (χ0) is 13.9. The van der Waals surface area contributed by atoms with Crippen molar-refractivity contribution in [3.63, 3.8) is 0 Å². The molecule has 1 heterocycles. The molecule has 3 N–H and O–H groups in total. The molecule has 4 nitrogen and oxygen atoms in total. The van der Waals surface area contributed by atoms with E-state index in [9.17, 15) is 0 Å². The number of fused-ring (bicyclic) bond motifs is 1. The van der Waals surface area contributed by atoms with Gasteiger partial charge in [-0.3, -0.25) is 0 Å². The van der Waals surface area contributed by atoms with Crippen LogP contribution < -0.4 is 11.1 Å². The van der Waals surface area contributed by atoms with Gasteiger partial charge in [0.1, 0.15) is 0 Å². The van der Waals surface area contributed by atoms with E-state index < -0.39 is 0 Å². The lowest BCUT2D eigenvalue weighted by atomic mass is 9.92. The van der Waals surface area contributed by atoms with Gasteiger partial charge in [-0.25, -0.2) is 4.98 Å². The molecule has 2 rings (SSSR count). The van der Waals surface area contributed by atoms with Crippen LogP contribution in [0.25, 0.3) is 11.0 Å². The van der Waals surface area contributed by atoms with Crippen molar-refractivity contribution in [1.29, 1.82) is 0 Å². The molecule has 2 aromatic rings. The molecule has 1 aromatic carbocycles. The minimum Gasteiger partial charge on any atom is -0.356 e. The number of imidazole rings is 1. The van der Waals surface area contributed by atoms with Crippen LogP contribution in [0.2, 0.25) is 0 Å². The van der Waals surface area contributed by atoms with Gasteiger partial charge in [0, 0.05) is 19.6 Å². The van der Waals surface area contributed by atoms with Crippen LogP contribution >= 0.6 is 0 Å². The van der Waals surface area contributed by atoms with E-state index >= 15 is 0 Å². The fraction of sp³-hybridized carbons (Fsp3) is 0.533. The maximum Gasteiger partial charge on any atom is 0.203 e. The second-order valence-electron chi connectivity index (χ2n) is 6.10. The van der Waals surface area contributed by atoms with Crippen LogP contribution in [0, 0.1) is 5.41 Å². The number of para-hydroxylation sites is 2. The van der Waals surface area contributed by atoms with Crippen molar-refractivity contribution in [3.05, 3.63) is 24.3 Å². The molecule has 104 valence electrons. The summed E-state index contributed by atoms with van der Waals surface area (Å²) in [6.07, 6.45) is 1.11. The van der Waals surface area contributed by atoms with Crippen molar-refractivity contribution in [2.75, 3.05) is 18.4 Å². The Morgan fingerprint density at radius 2 is 2.00 bits per heavy atom. The topological polar surface area (TPSA) is 55.9 Å². The number of hydrogen-bond acceptors (Lipinski definition) is 3. The highest BCUT2D eigenvalue weighted by molar-refractivity contribution is 5.78. The molecule has 0 fully saturated rings. The molecule has 0 saturated heterocycles. The number of anilines is 1. The maximum absolute atomic E-state index is 5.70. The van der Waals surface area contributed by atoms with Crippen molar-refractivity contribution in [3.8, 4) is 0 Å². The summed E-state index contributed by atoms with van der Waals surface area (Å²) in [5.74, 6) is 0.927. The molecule has 0 radical (unpaired) electrons. The summed E-state index contributed by atoms with van der Waals surface area (Å²) in [5.41, 5.74) is 8.20. The molecule has 19 heavy (non-hydrogen) atoms. The van der Waals surface area contributed by atoms with Crippen LogP contribution in [0.1, 0.15) is 27.2 Å². The van der Waals surface area contributed by atoms with Crippen LogP contribution in [0.15, 0.2) is 24.3 Å². The highest BCUT2D eigenvalue weighted by atomic mass is 15.2. The summed E-state index contributed by atoms with van der Waals surface area (Å²) in [5, 5.41) is 3.44. The number of nitrogens with zero attached hydrogens (tertiary/aromatic N) is 2. The predicted molar refractivity (Wildman–Crippen MR) is 81.3 cm³/mol. The first-order valence-corrected chi connectivity index (χ1v) is 6.90. The molecule has 0 spiro atoms.